The van der Waals surface area contributed by atoms with Crippen molar-refractivity contribution in [3.8, 4) is 11.1 Å². The molecule has 4 N–H and O–H groups in total. The first-order valence-corrected chi connectivity index (χ1v) is 11.0. The minimum atomic E-state index is -1.24. The molecule has 3 rings (SSSR count). The number of ether oxygens (including phenoxy) is 1. The number of carboxylic acid groups (broad SMARTS) is 1. The highest BCUT2D eigenvalue weighted by Gasteiger charge is 2.31. The zero-order valence-corrected chi connectivity index (χ0v) is 18.9. The standard InChI is InChI=1S/C25H30N2O6/c1-14(2)23(21(28)12-22(29)30)27-24(31)15(3)26-25(32)33-13-20-18-10-6-4-8-16(18)17-9-5-7-11-19(17)20/h4-11,14-15,20-21,23,28H,12-13H2,1-3H3,(H,26,32)(H,27,31)(H,29,30)/t15-,21+,23-/m1/s1. The highest BCUT2D eigenvalue weighted by Crippen LogP contribution is 2.44. The van der Waals surface area contributed by atoms with Gasteiger partial charge in [-0.1, -0.05) is 62.4 Å². The Kier molecular flexibility index (Phi) is 7.71. The van der Waals surface area contributed by atoms with E-state index in [1.54, 1.807) is 13.8 Å². The van der Waals surface area contributed by atoms with Crippen LogP contribution in [0.1, 0.15) is 44.2 Å². The third-order valence-corrected chi connectivity index (χ3v) is 5.90. The number of amides is 2. The predicted molar refractivity (Wildman–Crippen MR) is 123 cm³/mol. The van der Waals surface area contributed by atoms with Gasteiger partial charge in [0.1, 0.15) is 12.6 Å². The minimum absolute atomic E-state index is 0.0937. The van der Waals surface area contributed by atoms with Gasteiger partial charge in [0, 0.05) is 5.92 Å². The molecule has 1 aliphatic carbocycles. The monoisotopic (exact) mass is 454 g/mol. The second-order valence-electron chi connectivity index (χ2n) is 8.64. The van der Waals surface area contributed by atoms with Gasteiger partial charge in [0.05, 0.1) is 18.6 Å². The third kappa shape index (κ3) is 5.70. The van der Waals surface area contributed by atoms with Crippen LogP contribution in [0.15, 0.2) is 48.5 Å². The molecular formula is C25H30N2O6. The maximum absolute atomic E-state index is 12.5. The van der Waals surface area contributed by atoms with Crippen molar-refractivity contribution in [1.29, 1.82) is 0 Å². The second kappa shape index (κ2) is 10.5. The van der Waals surface area contributed by atoms with Gasteiger partial charge in [0.25, 0.3) is 0 Å². The highest BCUT2D eigenvalue weighted by molar-refractivity contribution is 5.85. The molecule has 0 aliphatic heterocycles. The van der Waals surface area contributed by atoms with Crippen LogP contribution in [0.2, 0.25) is 0 Å². The number of nitrogens with one attached hydrogen (secondary N) is 2. The lowest BCUT2D eigenvalue weighted by molar-refractivity contribution is -0.140. The van der Waals surface area contributed by atoms with E-state index < -0.39 is 42.6 Å². The lowest BCUT2D eigenvalue weighted by Crippen LogP contribution is -2.53. The first-order chi connectivity index (χ1) is 15.7. The molecule has 0 fully saturated rings. The SMILES string of the molecule is CC(C)[C@@H](NC(=O)[C@@H](C)NC(=O)OCC1c2ccccc2-c2ccccc21)[C@@H](O)CC(=O)O. The van der Waals surface area contributed by atoms with Crippen LogP contribution in [0.5, 0.6) is 0 Å². The maximum Gasteiger partial charge on any atom is 0.407 e. The summed E-state index contributed by atoms with van der Waals surface area (Å²) in [5.74, 6) is -1.99. The fourth-order valence-corrected chi connectivity index (χ4v) is 4.18. The molecule has 2 aromatic carbocycles. The average Bonchev–Trinajstić information content (AvgIpc) is 3.08. The minimum Gasteiger partial charge on any atom is -0.481 e. The molecule has 33 heavy (non-hydrogen) atoms. The van der Waals surface area contributed by atoms with Crippen molar-refractivity contribution in [2.45, 2.75) is 51.3 Å². The molecule has 0 saturated carbocycles. The number of carbonyl (C=O) groups is 3. The van der Waals surface area contributed by atoms with Gasteiger partial charge in [-0.25, -0.2) is 4.79 Å². The highest BCUT2D eigenvalue weighted by atomic mass is 16.5. The number of hydrogen-bond acceptors (Lipinski definition) is 5. The summed E-state index contributed by atoms with van der Waals surface area (Å²) in [5, 5.41) is 24.2. The Morgan fingerprint density at radius 2 is 1.48 bits per heavy atom. The summed E-state index contributed by atoms with van der Waals surface area (Å²) in [6.07, 6.45) is -2.46. The number of carbonyl (C=O) groups excluding carboxylic acids is 2. The summed E-state index contributed by atoms with van der Waals surface area (Å²) in [6, 6.07) is 14.3. The Balaban J connectivity index is 1.57. The van der Waals surface area contributed by atoms with Crippen LogP contribution in [0.25, 0.3) is 11.1 Å². The molecule has 0 bridgehead atoms. The molecule has 2 aromatic rings. The lowest BCUT2D eigenvalue weighted by atomic mass is 9.96. The van der Waals surface area contributed by atoms with Gasteiger partial charge in [0.2, 0.25) is 5.91 Å². The smallest absolute Gasteiger partial charge is 0.407 e. The number of alkyl carbamates (subject to hydrolysis) is 1. The number of aliphatic hydroxyl groups is 1. The van der Waals surface area contributed by atoms with Crippen LogP contribution < -0.4 is 10.6 Å². The van der Waals surface area contributed by atoms with Crippen molar-refractivity contribution < 1.29 is 29.3 Å². The molecule has 0 spiro atoms. The van der Waals surface area contributed by atoms with Gasteiger partial charge in [-0.2, -0.15) is 0 Å². The summed E-state index contributed by atoms with van der Waals surface area (Å²) >= 11 is 0. The number of fused-ring (bicyclic) bond motifs is 3. The average molecular weight is 455 g/mol. The Morgan fingerprint density at radius 3 is 2.00 bits per heavy atom. The van der Waals surface area contributed by atoms with E-state index in [0.717, 1.165) is 22.3 Å². The molecule has 0 saturated heterocycles. The Bertz CT molecular complexity index is 976. The number of aliphatic hydroxyl groups excluding tert-OH is 1. The maximum atomic E-state index is 12.5. The third-order valence-electron chi connectivity index (χ3n) is 5.90. The molecule has 8 heteroatoms. The van der Waals surface area contributed by atoms with E-state index in [1.807, 2.05) is 48.5 Å². The number of rotatable bonds is 9. The molecule has 2 amide bonds. The van der Waals surface area contributed by atoms with Crippen molar-refractivity contribution in [3.63, 3.8) is 0 Å². The molecule has 0 radical (unpaired) electrons. The molecule has 3 atom stereocenters. The van der Waals surface area contributed by atoms with Crippen LogP contribution in [0.3, 0.4) is 0 Å². The van der Waals surface area contributed by atoms with Crippen LogP contribution in [-0.4, -0.2) is 53.0 Å². The normalized spacial score (nSPS) is 15.2. The zero-order chi connectivity index (χ0) is 24.1. The molecular weight excluding hydrogens is 424 g/mol. The fraction of sp³-hybridized carbons (Fsp3) is 0.400. The van der Waals surface area contributed by atoms with Crippen molar-refractivity contribution in [2.24, 2.45) is 5.92 Å². The summed E-state index contributed by atoms with van der Waals surface area (Å²) in [4.78, 5) is 35.8. The van der Waals surface area contributed by atoms with E-state index in [1.165, 1.54) is 6.92 Å². The van der Waals surface area contributed by atoms with E-state index in [0.29, 0.717) is 0 Å². The van der Waals surface area contributed by atoms with Crippen molar-refractivity contribution in [3.05, 3.63) is 59.7 Å². The van der Waals surface area contributed by atoms with E-state index >= 15 is 0 Å². The first kappa shape index (κ1) is 24.3. The van der Waals surface area contributed by atoms with Crippen molar-refractivity contribution in [1.82, 2.24) is 10.6 Å². The quantitative estimate of drug-likeness (QED) is 0.462. The number of aliphatic carboxylic acids is 1. The summed E-state index contributed by atoms with van der Waals surface area (Å²) in [6.45, 7) is 5.15. The van der Waals surface area contributed by atoms with Gasteiger partial charge in [-0.15, -0.1) is 0 Å². The Labute approximate surface area is 193 Å². The second-order valence-corrected chi connectivity index (χ2v) is 8.64. The molecule has 8 nitrogen and oxygen atoms in total. The van der Waals surface area contributed by atoms with Crippen LogP contribution >= 0.6 is 0 Å². The van der Waals surface area contributed by atoms with Gasteiger partial charge in [-0.3, -0.25) is 9.59 Å². The molecule has 0 heterocycles. The summed E-state index contributed by atoms with van der Waals surface area (Å²) < 4.78 is 5.46. The zero-order valence-electron chi connectivity index (χ0n) is 18.9. The summed E-state index contributed by atoms with van der Waals surface area (Å²) in [5.41, 5.74) is 4.41. The van der Waals surface area contributed by atoms with Crippen LogP contribution in [0, 0.1) is 5.92 Å². The van der Waals surface area contributed by atoms with E-state index in [2.05, 4.69) is 10.6 Å². The topological polar surface area (TPSA) is 125 Å². The molecule has 176 valence electrons. The Hall–Kier alpha value is -3.39. The van der Waals surface area contributed by atoms with E-state index in [-0.39, 0.29) is 18.4 Å². The van der Waals surface area contributed by atoms with Gasteiger partial charge in [-0.05, 0) is 35.1 Å². The van der Waals surface area contributed by atoms with Crippen molar-refractivity contribution >= 4 is 18.0 Å². The van der Waals surface area contributed by atoms with Gasteiger partial charge >= 0.3 is 12.1 Å². The van der Waals surface area contributed by atoms with Crippen molar-refractivity contribution in [2.75, 3.05) is 6.61 Å². The molecule has 0 unspecified atom stereocenters. The Morgan fingerprint density at radius 1 is 0.939 bits per heavy atom. The number of hydrogen-bond donors (Lipinski definition) is 4. The fourth-order valence-electron chi connectivity index (χ4n) is 4.18. The predicted octanol–water partition coefficient (Wildman–Crippen LogP) is 2.89. The number of carboxylic acids is 1. The number of benzene rings is 2. The lowest BCUT2D eigenvalue weighted by Gasteiger charge is -2.28. The van der Waals surface area contributed by atoms with Crippen LogP contribution in [0.4, 0.5) is 4.79 Å². The largest absolute Gasteiger partial charge is 0.481 e. The molecule has 0 aromatic heterocycles. The van der Waals surface area contributed by atoms with Gasteiger partial charge < -0.3 is 25.6 Å². The first-order valence-electron chi connectivity index (χ1n) is 11.0. The summed E-state index contributed by atoms with van der Waals surface area (Å²) in [7, 11) is 0. The molecule has 1 aliphatic rings. The van der Waals surface area contributed by atoms with E-state index in [9.17, 15) is 19.5 Å². The van der Waals surface area contributed by atoms with E-state index in [4.69, 9.17) is 9.84 Å². The van der Waals surface area contributed by atoms with Gasteiger partial charge in [0.15, 0.2) is 0 Å². The van der Waals surface area contributed by atoms with Crippen LogP contribution in [-0.2, 0) is 14.3 Å².